The van der Waals surface area contributed by atoms with Crippen molar-refractivity contribution in [2.24, 2.45) is 0 Å². The molecule has 4 heavy (non-hydrogen) atoms. The Hall–Kier alpha value is 0.646. The van der Waals surface area contributed by atoms with E-state index in [1.165, 1.54) is 0 Å². The fourth-order valence-corrected chi connectivity index (χ4v) is 0. The molecule has 3 nitrogen and oxygen atoms in total. The standard InChI is InChI=1S/Mg.O2.H2O/c;1-2;/h;;1H2/q+2;-2;. The Labute approximate surface area is 39.6 Å². The second-order valence-electron chi connectivity index (χ2n) is 0. The van der Waals surface area contributed by atoms with Gasteiger partial charge in [0, 0.05) is 0 Å². The molecule has 0 spiro atoms. The van der Waals surface area contributed by atoms with Crippen LogP contribution in [0.3, 0.4) is 0 Å². The van der Waals surface area contributed by atoms with Crippen molar-refractivity contribution in [2.75, 3.05) is 0 Å². The monoisotopic (exact) mass is 74.0 g/mol. The summed E-state index contributed by atoms with van der Waals surface area (Å²) in [6, 6.07) is 0. The van der Waals surface area contributed by atoms with Crippen molar-refractivity contribution in [1.82, 2.24) is 0 Å². The summed E-state index contributed by atoms with van der Waals surface area (Å²) in [4.78, 5) is 0. The van der Waals surface area contributed by atoms with Gasteiger partial charge in [-0.05, 0) is 0 Å². The number of hydrogen-bond donors (Lipinski definition) is 0. The van der Waals surface area contributed by atoms with Crippen LogP contribution in [0.4, 0.5) is 0 Å². The molecule has 2 N–H and O–H groups in total. The van der Waals surface area contributed by atoms with Crippen LogP contribution in [0.2, 0.25) is 0 Å². The minimum absolute atomic E-state index is 0. The molecular formula is H2MgO3. The Morgan fingerprint density at radius 3 is 1.00 bits per heavy atom. The first-order valence-corrected chi connectivity index (χ1v) is 0.167. The molecule has 0 unspecified atom stereocenters. The van der Waals surface area contributed by atoms with Crippen LogP contribution < -0.4 is 10.5 Å². The van der Waals surface area contributed by atoms with Crippen molar-refractivity contribution in [1.29, 1.82) is 0 Å². The molecule has 0 saturated carbocycles. The Balaban J connectivity index is -0.00000000500. The third-order valence-electron chi connectivity index (χ3n) is 0. The van der Waals surface area contributed by atoms with Gasteiger partial charge in [-0.3, -0.25) is 0 Å². The third kappa shape index (κ3) is 17.2. The summed E-state index contributed by atoms with van der Waals surface area (Å²) in [6.07, 6.45) is 0. The van der Waals surface area contributed by atoms with E-state index in [0.29, 0.717) is 0 Å². The molecular weight excluding hydrogens is 72.3 g/mol. The maximum atomic E-state index is 7.00. The van der Waals surface area contributed by atoms with Crippen molar-refractivity contribution in [2.45, 2.75) is 0 Å². The van der Waals surface area contributed by atoms with Gasteiger partial charge in [-0.15, -0.1) is 0 Å². The van der Waals surface area contributed by atoms with Crippen LogP contribution in [0, 0.1) is 0 Å². The normalized spacial score (nSPS) is 1.50. The molecule has 22 valence electrons. The van der Waals surface area contributed by atoms with E-state index in [1.54, 1.807) is 0 Å². The fourth-order valence-electron chi connectivity index (χ4n) is 0. The summed E-state index contributed by atoms with van der Waals surface area (Å²) in [5.41, 5.74) is 0. The Bertz CT molecular complexity index is 3.25. The molecule has 0 bridgehead atoms. The quantitative estimate of drug-likeness (QED) is 0.169. The van der Waals surface area contributed by atoms with E-state index in [9.17, 15) is 0 Å². The van der Waals surface area contributed by atoms with Crippen LogP contribution in [-0.2, 0) is 0 Å². The zero-order valence-electron chi connectivity index (χ0n) is 2.02. The molecule has 0 heterocycles. The van der Waals surface area contributed by atoms with Crippen LogP contribution in [0.5, 0.6) is 0 Å². The molecule has 0 aliphatic rings. The molecule has 0 radical (unpaired) electrons. The molecule has 0 fully saturated rings. The predicted molar refractivity (Wildman–Crippen MR) is 9.37 cm³/mol. The van der Waals surface area contributed by atoms with Crippen molar-refractivity contribution < 1.29 is 16.0 Å². The summed E-state index contributed by atoms with van der Waals surface area (Å²) in [5.74, 6) is 0. The van der Waals surface area contributed by atoms with Gasteiger partial charge >= 0.3 is 23.1 Å². The summed E-state index contributed by atoms with van der Waals surface area (Å²) < 4.78 is 0. The van der Waals surface area contributed by atoms with Gasteiger partial charge in [0.1, 0.15) is 0 Å². The van der Waals surface area contributed by atoms with Crippen LogP contribution in [0.15, 0.2) is 0 Å². The van der Waals surface area contributed by atoms with E-state index in [1.807, 2.05) is 0 Å². The Morgan fingerprint density at radius 1 is 1.00 bits per heavy atom. The largest absolute Gasteiger partial charge is 2.00 e. The SMILES string of the molecule is O.[Mg+2].[O-][O-]. The molecule has 0 aliphatic heterocycles. The van der Waals surface area contributed by atoms with Gasteiger partial charge in [0.05, 0.1) is 0 Å². The first kappa shape index (κ1) is 22.8. The zero-order valence-corrected chi connectivity index (χ0v) is 3.44. The average Bonchev–Trinajstić information content (AvgIpc) is 1.00. The number of hydrogen-bond acceptors (Lipinski definition) is 2. The van der Waals surface area contributed by atoms with Gasteiger partial charge in [-0.25, -0.2) is 0 Å². The predicted octanol–water partition coefficient (Wildman–Crippen LogP) is -3.58. The minimum atomic E-state index is 0. The molecule has 4 heteroatoms. The van der Waals surface area contributed by atoms with Gasteiger partial charge < -0.3 is 16.0 Å². The maximum absolute atomic E-state index is 7.00. The van der Waals surface area contributed by atoms with Gasteiger partial charge in [0.15, 0.2) is 0 Å². The summed E-state index contributed by atoms with van der Waals surface area (Å²) in [5, 5.41) is 14.0. The van der Waals surface area contributed by atoms with Gasteiger partial charge in [0.2, 0.25) is 0 Å². The third-order valence-corrected chi connectivity index (χ3v) is 0. The second kappa shape index (κ2) is 61.1. The van der Waals surface area contributed by atoms with Crippen LogP contribution >= 0.6 is 0 Å². The Kier molecular flexibility index (Phi) is 348. The molecule has 0 amide bonds. The smallest absolute Gasteiger partial charge is 1.00 e. The van der Waals surface area contributed by atoms with E-state index in [2.05, 4.69) is 0 Å². The van der Waals surface area contributed by atoms with E-state index >= 15 is 0 Å². The summed E-state index contributed by atoms with van der Waals surface area (Å²) >= 11 is 0. The Morgan fingerprint density at radius 2 is 1.00 bits per heavy atom. The first-order valence-electron chi connectivity index (χ1n) is 0.167. The summed E-state index contributed by atoms with van der Waals surface area (Å²) in [6.45, 7) is 0. The molecule has 0 aromatic carbocycles. The first-order chi connectivity index (χ1) is 1.00. The van der Waals surface area contributed by atoms with Crippen LogP contribution in [0.1, 0.15) is 0 Å². The molecule has 0 rings (SSSR count). The van der Waals surface area contributed by atoms with Gasteiger partial charge in [-0.1, -0.05) is 0 Å². The minimum Gasteiger partial charge on any atom is -1.00 e. The molecule has 0 aromatic heterocycles. The van der Waals surface area contributed by atoms with Crippen molar-refractivity contribution in [3.8, 4) is 0 Å². The molecule has 0 aromatic rings. The van der Waals surface area contributed by atoms with Crippen molar-refractivity contribution in [3.05, 3.63) is 0 Å². The molecule has 0 saturated heterocycles. The van der Waals surface area contributed by atoms with Crippen LogP contribution in [0.25, 0.3) is 0 Å². The van der Waals surface area contributed by atoms with E-state index in [0.717, 1.165) is 0 Å². The average molecular weight is 74.3 g/mol. The van der Waals surface area contributed by atoms with E-state index in [4.69, 9.17) is 10.5 Å². The topological polar surface area (TPSA) is 77.6 Å². The number of rotatable bonds is 0. The second-order valence-corrected chi connectivity index (χ2v) is 0. The molecule has 0 aliphatic carbocycles. The van der Waals surface area contributed by atoms with E-state index in [-0.39, 0.29) is 28.5 Å². The van der Waals surface area contributed by atoms with E-state index < -0.39 is 0 Å². The fraction of sp³-hybridized carbons (Fsp3) is 0. The van der Waals surface area contributed by atoms with Gasteiger partial charge in [-0.2, -0.15) is 0 Å². The van der Waals surface area contributed by atoms with Gasteiger partial charge in [0.25, 0.3) is 0 Å². The van der Waals surface area contributed by atoms with Crippen molar-refractivity contribution >= 4 is 23.1 Å². The van der Waals surface area contributed by atoms with Crippen molar-refractivity contribution in [3.63, 3.8) is 0 Å². The zero-order chi connectivity index (χ0) is 2.00. The molecule has 0 atom stereocenters. The maximum Gasteiger partial charge on any atom is 2.00 e. The van der Waals surface area contributed by atoms with Crippen LogP contribution in [-0.4, -0.2) is 28.5 Å². The summed E-state index contributed by atoms with van der Waals surface area (Å²) in [7, 11) is 0.